The minimum absolute atomic E-state index is 0.0405. The number of carboxylic acids is 1. The zero-order valence-electron chi connectivity index (χ0n) is 11.4. The normalized spacial score (nSPS) is 24.3. The number of hydrogen-bond donors (Lipinski definition) is 2. The first-order valence-electron chi connectivity index (χ1n) is 6.71. The Morgan fingerprint density at radius 3 is 2.81 bits per heavy atom. The molecule has 1 aromatic rings. The fraction of sp³-hybridized carbons (Fsp3) is 0.429. The van der Waals surface area contributed by atoms with E-state index in [-0.39, 0.29) is 30.4 Å². The molecule has 2 heterocycles. The van der Waals surface area contributed by atoms with E-state index in [4.69, 9.17) is 15.2 Å². The van der Waals surface area contributed by atoms with Gasteiger partial charge in [0.15, 0.2) is 5.75 Å². The minimum atomic E-state index is -1.09. The number of carbonyl (C=O) groups excluding carboxylic acids is 1. The molecule has 2 aliphatic heterocycles. The molecule has 7 nitrogen and oxygen atoms in total. The molecule has 1 amide bonds. The fourth-order valence-corrected chi connectivity index (χ4v) is 2.65. The van der Waals surface area contributed by atoms with Crippen LogP contribution >= 0.6 is 0 Å². The van der Waals surface area contributed by atoms with Gasteiger partial charge >= 0.3 is 5.97 Å². The quantitative estimate of drug-likeness (QED) is 0.809. The van der Waals surface area contributed by atoms with Gasteiger partial charge < -0.3 is 25.2 Å². The number of rotatable bonds is 2. The molecule has 1 unspecified atom stereocenters. The van der Waals surface area contributed by atoms with Crippen LogP contribution in [0.15, 0.2) is 18.2 Å². The van der Waals surface area contributed by atoms with Gasteiger partial charge in [0, 0.05) is 6.61 Å². The monoisotopic (exact) mass is 292 g/mol. The molecule has 1 fully saturated rings. The number of nitrogens with two attached hydrogens (primary N) is 1. The van der Waals surface area contributed by atoms with E-state index in [1.54, 1.807) is 12.1 Å². The third-order valence-electron chi connectivity index (χ3n) is 3.80. The van der Waals surface area contributed by atoms with Crippen LogP contribution in [0.1, 0.15) is 16.8 Å². The van der Waals surface area contributed by atoms with Crippen molar-refractivity contribution in [2.24, 2.45) is 5.73 Å². The van der Waals surface area contributed by atoms with Crippen LogP contribution in [0.25, 0.3) is 0 Å². The first kappa shape index (κ1) is 13.8. The van der Waals surface area contributed by atoms with Gasteiger partial charge in [-0.1, -0.05) is 6.07 Å². The van der Waals surface area contributed by atoms with Gasteiger partial charge in [-0.05, 0) is 18.6 Å². The number of para-hydroxylation sites is 1. The van der Waals surface area contributed by atoms with Gasteiger partial charge in [-0.25, -0.2) is 4.79 Å². The van der Waals surface area contributed by atoms with E-state index in [0.717, 1.165) is 0 Å². The average Bonchev–Trinajstić information content (AvgIpc) is 2.93. The molecule has 7 heteroatoms. The Kier molecular flexibility index (Phi) is 3.30. The van der Waals surface area contributed by atoms with Gasteiger partial charge in [0.25, 0.3) is 0 Å². The standard InChI is InChI=1S/C14H16N2O5/c15-14(4-6-20-8-14)13(19)16-5-7-21-11-9(12(17)18)2-1-3-10(11)16/h1-3H,4-8,15H2,(H,17,18). The SMILES string of the molecule is NC1(C(=O)N2CCOc3c(C(=O)O)cccc32)CCOC1. The highest BCUT2D eigenvalue weighted by Crippen LogP contribution is 2.36. The summed E-state index contributed by atoms with van der Waals surface area (Å²) in [5.74, 6) is -1.13. The summed E-state index contributed by atoms with van der Waals surface area (Å²) in [5.41, 5.74) is 5.55. The maximum Gasteiger partial charge on any atom is 0.339 e. The summed E-state index contributed by atoms with van der Waals surface area (Å²) in [6.07, 6.45) is 0.456. The van der Waals surface area contributed by atoms with Crippen molar-refractivity contribution in [3.05, 3.63) is 23.8 Å². The summed E-state index contributed by atoms with van der Waals surface area (Å²) >= 11 is 0. The smallest absolute Gasteiger partial charge is 0.339 e. The summed E-state index contributed by atoms with van der Waals surface area (Å²) < 4.78 is 10.7. The minimum Gasteiger partial charge on any atom is -0.489 e. The Bertz CT molecular complexity index is 595. The van der Waals surface area contributed by atoms with Crippen molar-refractivity contribution in [1.29, 1.82) is 0 Å². The van der Waals surface area contributed by atoms with Crippen molar-refractivity contribution in [2.45, 2.75) is 12.0 Å². The van der Waals surface area contributed by atoms with E-state index in [0.29, 0.717) is 25.3 Å². The van der Waals surface area contributed by atoms with Gasteiger partial charge in [-0.2, -0.15) is 0 Å². The molecule has 1 atom stereocenters. The maximum atomic E-state index is 12.7. The number of anilines is 1. The molecule has 1 aromatic carbocycles. The molecule has 21 heavy (non-hydrogen) atoms. The molecular weight excluding hydrogens is 276 g/mol. The van der Waals surface area contributed by atoms with Crippen molar-refractivity contribution in [3.63, 3.8) is 0 Å². The lowest BCUT2D eigenvalue weighted by Gasteiger charge is -2.34. The summed E-state index contributed by atoms with van der Waals surface area (Å²) in [6.45, 7) is 1.21. The van der Waals surface area contributed by atoms with Crippen LogP contribution in [0.5, 0.6) is 5.75 Å². The number of carbonyl (C=O) groups is 2. The predicted octanol–water partition coefficient (Wildman–Crippen LogP) is 0.228. The average molecular weight is 292 g/mol. The highest BCUT2D eigenvalue weighted by molar-refractivity contribution is 6.04. The second-order valence-corrected chi connectivity index (χ2v) is 5.22. The van der Waals surface area contributed by atoms with Crippen molar-refractivity contribution >= 4 is 17.6 Å². The van der Waals surface area contributed by atoms with Crippen LogP contribution in [0, 0.1) is 0 Å². The van der Waals surface area contributed by atoms with Crippen molar-refractivity contribution in [2.75, 3.05) is 31.3 Å². The molecule has 1 saturated heterocycles. The van der Waals surface area contributed by atoms with Gasteiger partial charge in [0.2, 0.25) is 5.91 Å². The number of carboxylic acid groups (broad SMARTS) is 1. The second-order valence-electron chi connectivity index (χ2n) is 5.22. The molecule has 0 aromatic heterocycles. The van der Waals surface area contributed by atoms with Crippen LogP contribution in [0.3, 0.4) is 0 Å². The first-order chi connectivity index (χ1) is 10.0. The van der Waals surface area contributed by atoms with Gasteiger partial charge in [0.1, 0.15) is 17.7 Å². The molecule has 3 N–H and O–H groups in total. The molecule has 3 rings (SSSR count). The largest absolute Gasteiger partial charge is 0.489 e. The molecule has 0 spiro atoms. The highest BCUT2D eigenvalue weighted by Gasteiger charge is 2.43. The Balaban J connectivity index is 1.99. The van der Waals surface area contributed by atoms with E-state index in [2.05, 4.69) is 0 Å². The molecule has 112 valence electrons. The van der Waals surface area contributed by atoms with Gasteiger partial charge in [-0.3, -0.25) is 4.79 Å². The number of amides is 1. The lowest BCUT2D eigenvalue weighted by Crippen LogP contribution is -2.57. The van der Waals surface area contributed by atoms with Crippen LogP contribution in [-0.2, 0) is 9.53 Å². The topological polar surface area (TPSA) is 102 Å². The Morgan fingerprint density at radius 2 is 2.14 bits per heavy atom. The molecule has 2 aliphatic rings. The lowest BCUT2D eigenvalue weighted by molar-refractivity contribution is -0.124. The maximum absolute atomic E-state index is 12.7. The fourth-order valence-electron chi connectivity index (χ4n) is 2.65. The highest BCUT2D eigenvalue weighted by atomic mass is 16.5. The molecule has 0 saturated carbocycles. The molecular formula is C14H16N2O5. The van der Waals surface area contributed by atoms with E-state index < -0.39 is 11.5 Å². The molecule has 0 bridgehead atoms. The van der Waals surface area contributed by atoms with Crippen molar-refractivity contribution in [1.82, 2.24) is 0 Å². The third kappa shape index (κ3) is 2.24. The number of aromatic carboxylic acids is 1. The van der Waals surface area contributed by atoms with Crippen LogP contribution in [0.2, 0.25) is 0 Å². The summed E-state index contributed by atoms with van der Waals surface area (Å²) in [5, 5.41) is 9.20. The number of fused-ring (bicyclic) bond motifs is 1. The Morgan fingerprint density at radius 1 is 1.33 bits per heavy atom. The van der Waals surface area contributed by atoms with E-state index >= 15 is 0 Å². The van der Waals surface area contributed by atoms with Gasteiger partial charge in [0.05, 0.1) is 18.8 Å². The number of nitrogens with zero attached hydrogens (tertiary/aromatic N) is 1. The zero-order valence-corrected chi connectivity index (χ0v) is 11.4. The summed E-state index contributed by atoms with van der Waals surface area (Å²) in [7, 11) is 0. The Hall–Kier alpha value is -2.12. The molecule has 0 aliphatic carbocycles. The number of hydrogen-bond acceptors (Lipinski definition) is 5. The van der Waals surface area contributed by atoms with E-state index in [1.807, 2.05) is 0 Å². The van der Waals surface area contributed by atoms with Crippen LogP contribution < -0.4 is 15.4 Å². The number of benzene rings is 1. The van der Waals surface area contributed by atoms with Crippen molar-refractivity contribution in [3.8, 4) is 5.75 Å². The van der Waals surface area contributed by atoms with Crippen LogP contribution in [0.4, 0.5) is 5.69 Å². The lowest BCUT2D eigenvalue weighted by atomic mass is 9.97. The first-order valence-corrected chi connectivity index (χ1v) is 6.71. The second kappa shape index (κ2) is 5.01. The van der Waals surface area contributed by atoms with Crippen LogP contribution in [-0.4, -0.2) is 48.9 Å². The summed E-state index contributed by atoms with van der Waals surface area (Å²) in [6, 6.07) is 4.70. The molecule has 0 radical (unpaired) electrons. The van der Waals surface area contributed by atoms with Crippen molar-refractivity contribution < 1.29 is 24.2 Å². The third-order valence-corrected chi connectivity index (χ3v) is 3.80. The van der Waals surface area contributed by atoms with Gasteiger partial charge in [-0.15, -0.1) is 0 Å². The van der Waals surface area contributed by atoms with E-state index in [1.165, 1.54) is 11.0 Å². The number of ether oxygens (including phenoxy) is 2. The summed E-state index contributed by atoms with van der Waals surface area (Å²) in [4.78, 5) is 25.4. The predicted molar refractivity (Wildman–Crippen MR) is 73.6 cm³/mol. The zero-order chi connectivity index (χ0) is 15.0. The van der Waals surface area contributed by atoms with E-state index in [9.17, 15) is 14.7 Å². The Labute approximate surface area is 121 Å².